The molecule has 11 nitrogen and oxygen atoms in total. The Morgan fingerprint density at radius 3 is 2.53 bits per heavy atom. The number of hydrogen-bond donors (Lipinski definition) is 2. The molecule has 1 aliphatic heterocycles. The molecule has 14 heteroatoms. The Morgan fingerprint density at radius 2 is 1.86 bits per heavy atom. The maximum absolute atomic E-state index is 13.2. The van der Waals surface area contributed by atoms with Crippen molar-refractivity contribution >= 4 is 29.9 Å². The average Bonchev–Trinajstić information content (AvgIpc) is 3.41. The van der Waals surface area contributed by atoms with Crippen LogP contribution in [-0.4, -0.2) is 85.1 Å². The van der Waals surface area contributed by atoms with Crippen LogP contribution in [0.5, 0.6) is 0 Å². The van der Waals surface area contributed by atoms with Gasteiger partial charge in [0.15, 0.2) is 6.61 Å². The summed E-state index contributed by atoms with van der Waals surface area (Å²) in [4.78, 5) is 50.0. The number of nitrogens with one attached hydrogen (secondary N) is 1. The van der Waals surface area contributed by atoms with Crippen LogP contribution in [0.4, 0.5) is 13.2 Å². The number of aliphatic hydroxyl groups is 1. The lowest BCUT2D eigenvalue weighted by Crippen LogP contribution is -2.45. The Kier molecular flexibility index (Phi) is 11.5. The minimum atomic E-state index is -4.68. The van der Waals surface area contributed by atoms with Crippen LogP contribution in [0.25, 0.3) is 6.08 Å². The van der Waals surface area contributed by atoms with E-state index in [1.807, 2.05) is 0 Å². The zero-order valence-corrected chi connectivity index (χ0v) is 23.8. The Balaban J connectivity index is 1.66. The van der Waals surface area contributed by atoms with Crippen molar-refractivity contribution in [2.24, 2.45) is 0 Å². The summed E-state index contributed by atoms with van der Waals surface area (Å²) in [7, 11) is 0. The predicted molar refractivity (Wildman–Crippen MR) is 143 cm³/mol. The number of halogens is 3. The number of fused-ring (bicyclic) bond motifs is 1. The van der Waals surface area contributed by atoms with Gasteiger partial charge in [-0.25, -0.2) is 9.59 Å². The van der Waals surface area contributed by atoms with Crippen LogP contribution in [-0.2, 0) is 38.1 Å². The number of amides is 1. The summed E-state index contributed by atoms with van der Waals surface area (Å²) < 4.78 is 63.1. The quantitative estimate of drug-likeness (QED) is 0.217. The second kappa shape index (κ2) is 14.6. The molecule has 1 saturated heterocycles. The first kappa shape index (κ1) is 33.7. The van der Waals surface area contributed by atoms with Crippen LogP contribution in [0.3, 0.4) is 0 Å². The third-order valence-corrected chi connectivity index (χ3v) is 6.18. The van der Waals surface area contributed by atoms with Gasteiger partial charge in [-0.05, 0) is 51.0 Å². The first-order valence-electron chi connectivity index (χ1n) is 13.4. The first-order chi connectivity index (χ1) is 20.1. The van der Waals surface area contributed by atoms with Crippen LogP contribution < -0.4 is 5.32 Å². The molecule has 0 spiro atoms. The highest BCUT2D eigenvalue weighted by atomic mass is 19.4. The van der Waals surface area contributed by atoms with Crippen LogP contribution in [0, 0.1) is 0 Å². The fraction of sp³-hybridized carbons (Fsp3) is 0.517. The normalized spacial score (nSPS) is 21.0. The molecule has 1 fully saturated rings. The SMILES string of the molecule is CC(C)(C)OC(=O)CCC(CO)NC(=O)C1=CC2OCOC2C(OC(=O)c2ccccc2C=CC(=O)OCC(F)(F)F)C1. The van der Waals surface area contributed by atoms with E-state index in [4.69, 9.17) is 18.9 Å². The Morgan fingerprint density at radius 1 is 1.14 bits per heavy atom. The first-order valence-corrected chi connectivity index (χ1v) is 13.4. The van der Waals surface area contributed by atoms with E-state index >= 15 is 0 Å². The summed E-state index contributed by atoms with van der Waals surface area (Å²) in [5.41, 5.74) is -0.286. The molecule has 2 aliphatic rings. The highest BCUT2D eigenvalue weighted by Gasteiger charge is 2.43. The molecule has 0 radical (unpaired) electrons. The van der Waals surface area contributed by atoms with E-state index in [2.05, 4.69) is 10.1 Å². The molecule has 3 rings (SSSR count). The predicted octanol–water partition coefficient (Wildman–Crippen LogP) is 3.00. The van der Waals surface area contributed by atoms with E-state index in [1.54, 1.807) is 32.9 Å². The number of carbonyl (C=O) groups is 4. The second-order valence-electron chi connectivity index (χ2n) is 10.8. The van der Waals surface area contributed by atoms with Crippen LogP contribution in [0.15, 0.2) is 42.0 Å². The lowest BCUT2D eigenvalue weighted by atomic mass is 9.91. The van der Waals surface area contributed by atoms with Gasteiger partial charge in [0.05, 0.1) is 18.2 Å². The minimum absolute atomic E-state index is 0.000814. The van der Waals surface area contributed by atoms with Crippen LogP contribution >= 0.6 is 0 Å². The van der Waals surface area contributed by atoms with Gasteiger partial charge in [-0.2, -0.15) is 13.2 Å². The van der Waals surface area contributed by atoms with Gasteiger partial charge in [0.1, 0.15) is 30.7 Å². The second-order valence-corrected chi connectivity index (χ2v) is 10.8. The fourth-order valence-corrected chi connectivity index (χ4v) is 4.28. The van der Waals surface area contributed by atoms with E-state index < -0.39 is 73.2 Å². The molecule has 0 saturated carbocycles. The molecular weight excluding hydrogens is 579 g/mol. The largest absolute Gasteiger partial charge is 0.460 e. The van der Waals surface area contributed by atoms with Crippen molar-refractivity contribution in [3.05, 3.63) is 53.1 Å². The molecule has 4 atom stereocenters. The van der Waals surface area contributed by atoms with Crippen LogP contribution in [0.2, 0.25) is 0 Å². The molecule has 2 N–H and O–H groups in total. The standard InChI is InChI=1S/C29H34F3NO10/c1-28(2,3)43-24(36)11-9-19(14-34)33-26(37)18-12-21-25(41-16-40-21)22(13-18)42-27(38)20-7-5-4-6-17(20)8-10-23(35)39-15-29(30,31)32/h4-8,10,12,19,21-22,25,34H,9,11,13-16H2,1-3H3,(H,33,37). The number of aliphatic hydroxyl groups excluding tert-OH is 1. The number of ether oxygens (including phenoxy) is 5. The molecule has 1 heterocycles. The minimum Gasteiger partial charge on any atom is -0.460 e. The molecule has 0 bridgehead atoms. The molecule has 1 amide bonds. The molecular formula is C29H34F3NO10. The number of alkyl halides is 3. The smallest absolute Gasteiger partial charge is 0.422 e. The topological polar surface area (TPSA) is 147 Å². The number of rotatable bonds is 11. The van der Waals surface area contributed by atoms with Gasteiger partial charge in [0.2, 0.25) is 5.91 Å². The Bertz CT molecular complexity index is 1240. The van der Waals surface area contributed by atoms with E-state index in [-0.39, 0.29) is 42.8 Å². The van der Waals surface area contributed by atoms with Gasteiger partial charge in [-0.1, -0.05) is 18.2 Å². The number of esters is 3. The number of benzene rings is 1. The third kappa shape index (κ3) is 10.8. The Labute approximate surface area is 245 Å². The van der Waals surface area contributed by atoms with Gasteiger partial charge in [-0.3, -0.25) is 9.59 Å². The van der Waals surface area contributed by atoms with Gasteiger partial charge < -0.3 is 34.1 Å². The molecule has 4 unspecified atom stereocenters. The lowest BCUT2D eigenvalue weighted by Gasteiger charge is -2.30. The zero-order chi connectivity index (χ0) is 31.8. The number of hydrogen-bond acceptors (Lipinski definition) is 10. The molecule has 0 aromatic heterocycles. The third-order valence-electron chi connectivity index (χ3n) is 6.18. The van der Waals surface area contributed by atoms with E-state index in [9.17, 15) is 37.5 Å². The molecule has 1 aromatic rings. The van der Waals surface area contributed by atoms with Gasteiger partial charge in [0, 0.05) is 24.5 Å². The summed E-state index contributed by atoms with van der Waals surface area (Å²) in [6.45, 7) is 2.89. The summed E-state index contributed by atoms with van der Waals surface area (Å²) >= 11 is 0. The van der Waals surface area contributed by atoms with Crippen LogP contribution in [0.1, 0.15) is 56.0 Å². The molecule has 1 aromatic carbocycles. The number of carbonyl (C=O) groups excluding carboxylic acids is 4. The summed E-state index contributed by atoms with van der Waals surface area (Å²) in [6, 6.07) is 5.18. The summed E-state index contributed by atoms with van der Waals surface area (Å²) in [5, 5.41) is 12.4. The van der Waals surface area contributed by atoms with E-state index in [0.29, 0.717) is 0 Å². The summed E-state index contributed by atoms with van der Waals surface area (Å²) in [6.07, 6.45) is -3.61. The van der Waals surface area contributed by atoms with Crippen molar-refractivity contribution in [1.29, 1.82) is 0 Å². The Hall–Kier alpha value is -3.75. The van der Waals surface area contributed by atoms with Crippen molar-refractivity contribution in [2.75, 3.05) is 20.0 Å². The van der Waals surface area contributed by atoms with Crippen molar-refractivity contribution in [1.82, 2.24) is 5.32 Å². The van der Waals surface area contributed by atoms with Crippen molar-refractivity contribution < 1.29 is 61.1 Å². The highest BCUT2D eigenvalue weighted by molar-refractivity contribution is 5.96. The monoisotopic (exact) mass is 613 g/mol. The van der Waals surface area contributed by atoms with E-state index in [1.165, 1.54) is 18.2 Å². The highest BCUT2D eigenvalue weighted by Crippen LogP contribution is 2.31. The van der Waals surface area contributed by atoms with Gasteiger partial charge in [0.25, 0.3) is 0 Å². The van der Waals surface area contributed by atoms with Crippen molar-refractivity contribution in [3.63, 3.8) is 0 Å². The van der Waals surface area contributed by atoms with Gasteiger partial charge >= 0.3 is 24.1 Å². The van der Waals surface area contributed by atoms with E-state index in [0.717, 1.165) is 12.2 Å². The summed E-state index contributed by atoms with van der Waals surface area (Å²) in [5.74, 6) is -3.12. The lowest BCUT2D eigenvalue weighted by molar-refractivity contribution is -0.182. The zero-order valence-electron chi connectivity index (χ0n) is 23.8. The fourth-order valence-electron chi connectivity index (χ4n) is 4.28. The maximum Gasteiger partial charge on any atom is 0.422 e. The van der Waals surface area contributed by atoms with Gasteiger partial charge in [-0.15, -0.1) is 0 Å². The molecule has 43 heavy (non-hydrogen) atoms. The molecule has 236 valence electrons. The average molecular weight is 614 g/mol. The van der Waals surface area contributed by atoms with Crippen molar-refractivity contribution in [3.8, 4) is 0 Å². The maximum atomic E-state index is 13.2. The van der Waals surface area contributed by atoms with Crippen molar-refractivity contribution in [2.45, 2.75) is 76.2 Å². The molecule has 1 aliphatic carbocycles.